The van der Waals surface area contributed by atoms with Crippen molar-refractivity contribution in [2.45, 2.75) is 26.4 Å². The highest BCUT2D eigenvalue weighted by Gasteiger charge is 2.03. The van der Waals surface area contributed by atoms with Crippen LogP contribution in [0.4, 0.5) is 0 Å². The second kappa shape index (κ2) is 11.1. The summed E-state index contributed by atoms with van der Waals surface area (Å²) in [4.78, 5) is 4.68. The van der Waals surface area contributed by atoms with E-state index in [4.69, 9.17) is 9.47 Å². The number of benzene rings is 1. The van der Waals surface area contributed by atoms with E-state index in [1.807, 2.05) is 49.0 Å². The number of hydrogen-bond acceptors (Lipinski definition) is 4. The molecule has 0 atom stereocenters. The van der Waals surface area contributed by atoms with Crippen LogP contribution in [0.2, 0.25) is 0 Å². The Morgan fingerprint density at radius 3 is 2.65 bits per heavy atom. The van der Waals surface area contributed by atoms with Gasteiger partial charge in [-0.25, -0.2) is 4.99 Å². The molecule has 0 spiro atoms. The zero-order valence-electron chi connectivity index (χ0n) is 15.9. The molecule has 1 aromatic carbocycles. The normalized spacial score (nSPS) is 11.4. The number of aryl methyl sites for hydroxylation is 1. The van der Waals surface area contributed by atoms with E-state index in [2.05, 4.69) is 20.7 Å². The second-order valence-corrected chi connectivity index (χ2v) is 5.79. The number of ether oxygens (including phenoxy) is 2. The molecule has 7 heteroatoms. The van der Waals surface area contributed by atoms with Gasteiger partial charge in [-0.15, -0.1) is 0 Å². The predicted molar refractivity (Wildman–Crippen MR) is 103 cm³/mol. The number of nitrogens with one attached hydrogen (secondary N) is 2. The Balaban J connectivity index is 1.92. The van der Waals surface area contributed by atoms with Crippen LogP contribution in [-0.2, 0) is 24.9 Å². The Morgan fingerprint density at radius 2 is 2.00 bits per heavy atom. The number of guanidine groups is 1. The molecular formula is C19H29N5O2. The van der Waals surface area contributed by atoms with Crippen molar-refractivity contribution >= 4 is 5.96 Å². The Kier molecular flexibility index (Phi) is 8.48. The van der Waals surface area contributed by atoms with Gasteiger partial charge in [-0.3, -0.25) is 4.68 Å². The maximum Gasteiger partial charge on any atom is 0.191 e. The highest BCUT2D eigenvalue weighted by atomic mass is 16.5. The molecule has 0 saturated heterocycles. The smallest absolute Gasteiger partial charge is 0.191 e. The highest BCUT2D eigenvalue weighted by Crippen LogP contribution is 2.11. The monoisotopic (exact) mass is 359 g/mol. The van der Waals surface area contributed by atoms with Crippen molar-refractivity contribution in [1.29, 1.82) is 0 Å². The van der Waals surface area contributed by atoms with Gasteiger partial charge in [0.1, 0.15) is 5.75 Å². The van der Waals surface area contributed by atoms with E-state index in [0.29, 0.717) is 13.1 Å². The van der Waals surface area contributed by atoms with E-state index < -0.39 is 0 Å². The number of methoxy groups -OCH3 is 1. The quantitative estimate of drug-likeness (QED) is 0.386. The molecule has 1 heterocycles. The van der Waals surface area contributed by atoms with Crippen molar-refractivity contribution in [2.75, 3.05) is 26.9 Å². The Hall–Kier alpha value is -2.54. The fourth-order valence-electron chi connectivity index (χ4n) is 2.35. The Morgan fingerprint density at radius 1 is 1.19 bits per heavy atom. The van der Waals surface area contributed by atoms with Crippen molar-refractivity contribution in [3.05, 3.63) is 47.8 Å². The third-order valence-corrected chi connectivity index (χ3v) is 3.90. The van der Waals surface area contributed by atoms with Crippen molar-refractivity contribution in [3.63, 3.8) is 0 Å². The third-order valence-electron chi connectivity index (χ3n) is 3.90. The molecular weight excluding hydrogens is 330 g/mol. The Labute approximate surface area is 155 Å². The van der Waals surface area contributed by atoms with Crippen LogP contribution in [0.15, 0.2) is 41.5 Å². The zero-order valence-corrected chi connectivity index (χ0v) is 15.9. The molecule has 0 amide bonds. The molecule has 0 saturated carbocycles. The van der Waals surface area contributed by atoms with Crippen LogP contribution < -0.4 is 15.4 Å². The fourth-order valence-corrected chi connectivity index (χ4v) is 2.35. The summed E-state index contributed by atoms with van der Waals surface area (Å²) in [6.45, 7) is 5.56. The molecule has 0 radical (unpaired) electrons. The summed E-state index contributed by atoms with van der Waals surface area (Å²) in [5.41, 5.74) is 2.22. The van der Waals surface area contributed by atoms with Gasteiger partial charge in [-0.2, -0.15) is 5.10 Å². The van der Waals surface area contributed by atoms with E-state index in [1.165, 1.54) is 0 Å². The first-order valence-corrected chi connectivity index (χ1v) is 8.92. The standard InChI is InChI=1S/C19H29N5O2/c1-4-26-13-5-11-20-19(22-15-17-10-12-23-24(17)2)21-14-16-6-8-18(25-3)9-7-16/h6-10,12H,4-5,11,13-15H2,1-3H3,(H2,20,21,22). The first-order chi connectivity index (χ1) is 12.7. The molecule has 2 N–H and O–H groups in total. The largest absolute Gasteiger partial charge is 0.497 e. The van der Waals surface area contributed by atoms with E-state index >= 15 is 0 Å². The van der Waals surface area contributed by atoms with Crippen LogP contribution in [0.25, 0.3) is 0 Å². The van der Waals surface area contributed by atoms with Crippen molar-refractivity contribution in [1.82, 2.24) is 20.4 Å². The van der Waals surface area contributed by atoms with Crippen LogP contribution in [-0.4, -0.2) is 42.6 Å². The lowest BCUT2D eigenvalue weighted by Gasteiger charge is -2.13. The number of nitrogens with zero attached hydrogens (tertiary/aromatic N) is 3. The van der Waals surface area contributed by atoms with Crippen LogP contribution in [0.3, 0.4) is 0 Å². The number of aromatic nitrogens is 2. The molecule has 0 aliphatic carbocycles. The predicted octanol–water partition coefficient (Wildman–Crippen LogP) is 2.09. The van der Waals surface area contributed by atoms with E-state index in [9.17, 15) is 0 Å². The van der Waals surface area contributed by atoms with Gasteiger partial charge in [0, 0.05) is 33.0 Å². The highest BCUT2D eigenvalue weighted by molar-refractivity contribution is 5.79. The van der Waals surface area contributed by atoms with Crippen LogP contribution >= 0.6 is 0 Å². The minimum atomic E-state index is 0.593. The van der Waals surface area contributed by atoms with E-state index in [0.717, 1.165) is 49.1 Å². The molecule has 1 aromatic heterocycles. The molecule has 2 rings (SSSR count). The minimum Gasteiger partial charge on any atom is -0.497 e. The molecule has 0 unspecified atom stereocenters. The number of rotatable bonds is 10. The summed E-state index contributed by atoms with van der Waals surface area (Å²) >= 11 is 0. The average Bonchev–Trinajstić information content (AvgIpc) is 3.08. The maximum absolute atomic E-state index is 5.38. The van der Waals surface area contributed by atoms with Crippen LogP contribution in [0.5, 0.6) is 5.75 Å². The summed E-state index contributed by atoms with van der Waals surface area (Å²) in [6, 6.07) is 9.93. The second-order valence-electron chi connectivity index (χ2n) is 5.79. The lowest BCUT2D eigenvalue weighted by Crippen LogP contribution is -2.38. The third kappa shape index (κ3) is 6.76. The topological polar surface area (TPSA) is 72.7 Å². The van der Waals surface area contributed by atoms with Gasteiger partial charge in [-0.05, 0) is 37.1 Å². The first-order valence-electron chi connectivity index (χ1n) is 8.92. The fraction of sp³-hybridized carbons (Fsp3) is 0.474. The summed E-state index contributed by atoms with van der Waals surface area (Å²) in [6.07, 6.45) is 2.73. The van der Waals surface area contributed by atoms with E-state index in [1.54, 1.807) is 13.3 Å². The summed E-state index contributed by atoms with van der Waals surface area (Å²) < 4.78 is 12.4. The lowest BCUT2D eigenvalue weighted by molar-refractivity contribution is 0.145. The van der Waals surface area contributed by atoms with Gasteiger partial charge < -0.3 is 20.1 Å². The zero-order chi connectivity index (χ0) is 18.6. The van der Waals surface area contributed by atoms with Gasteiger partial charge in [-0.1, -0.05) is 12.1 Å². The van der Waals surface area contributed by atoms with E-state index in [-0.39, 0.29) is 0 Å². The first kappa shape index (κ1) is 19.8. The van der Waals surface area contributed by atoms with Gasteiger partial charge in [0.15, 0.2) is 5.96 Å². The van der Waals surface area contributed by atoms with Crippen molar-refractivity contribution in [2.24, 2.45) is 12.0 Å². The van der Waals surface area contributed by atoms with Crippen LogP contribution in [0, 0.1) is 0 Å². The SMILES string of the molecule is CCOCCCNC(=NCc1ccc(OC)cc1)NCc1ccnn1C. The van der Waals surface area contributed by atoms with Crippen molar-refractivity contribution < 1.29 is 9.47 Å². The average molecular weight is 359 g/mol. The molecule has 0 aliphatic heterocycles. The summed E-state index contributed by atoms with van der Waals surface area (Å²) in [5, 5.41) is 10.9. The summed E-state index contributed by atoms with van der Waals surface area (Å²) in [5.74, 6) is 1.62. The molecule has 0 fully saturated rings. The van der Waals surface area contributed by atoms with Gasteiger partial charge >= 0.3 is 0 Å². The number of hydrogen-bond donors (Lipinski definition) is 2. The molecule has 0 bridgehead atoms. The lowest BCUT2D eigenvalue weighted by atomic mass is 10.2. The Bertz CT molecular complexity index is 667. The molecule has 0 aliphatic rings. The maximum atomic E-state index is 5.38. The van der Waals surface area contributed by atoms with Crippen LogP contribution in [0.1, 0.15) is 24.6 Å². The minimum absolute atomic E-state index is 0.593. The van der Waals surface area contributed by atoms with Gasteiger partial charge in [0.2, 0.25) is 0 Å². The number of aliphatic imine (C=N–C) groups is 1. The summed E-state index contributed by atoms with van der Waals surface area (Å²) in [7, 11) is 3.60. The molecule has 2 aromatic rings. The molecule has 26 heavy (non-hydrogen) atoms. The van der Waals surface area contributed by atoms with Gasteiger partial charge in [0.05, 0.1) is 25.9 Å². The van der Waals surface area contributed by atoms with Gasteiger partial charge in [0.25, 0.3) is 0 Å². The molecule has 7 nitrogen and oxygen atoms in total. The van der Waals surface area contributed by atoms with Crippen molar-refractivity contribution in [3.8, 4) is 5.75 Å². The molecule has 142 valence electrons.